The van der Waals surface area contributed by atoms with Crippen molar-refractivity contribution < 1.29 is 4.79 Å². The zero-order valence-corrected chi connectivity index (χ0v) is 12.2. The summed E-state index contributed by atoms with van der Waals surface area (Å²) in [6.45, 7) is 4.00. The van der Waals surface area contributed by atoms with E-state index in [0.29, 0.717) is 11.9 Å². The molecule has 0 spiro atoms. The van der Waals surface area contributed by atoms with Crippen LogP contribution in [-0.2, 0) is 4.79 Å². The van der Waals surface area contributed by atoms with Crippen molar-refractivity contribution in [2.45, 2.75) is 70.4 Å². The van der Waals surface area contributed by atoms with Gasteiger partial charge in [-0.2, -0.15) is 0 Å². The summed E-state index contributed by atoms with van der Waals surface area (Å²) in [4.78, 5) is 14.8. The summed E-state index contributed by atoms with van der Waals surface area (Å²) < 4.78 is 0. The normalized spacial score (nSPS) is 34.7. The second-order valence-corrected chi connectivity index (χ2v) is 6.78. The fourth-order valence-electron chi connectivity index (χ4n) is 4.09. The van der Waals surface area contributed by atoms with Gasteiger partial charge >= 0.3 is 0 Å². The van der Waals surface area contributed by atoms with Gasteiger partial charge in [0.15, 0.2) is 0 Å². The lowest BCUT2D eigenvalue weighted by Gasteiger charge is -2.33. The highest BCUT2D eigenvalue weighted by molar-refractivity contribution is 5.82. The van der Waals surface area contributed by atoms with Gasteiger partial charge in [-0.15, -0.1) is 0 Å². The number of hydrogen-bond donors (Lipinski definition) is 1. The number of nitrogens with zero attached hydrogens (tertiary/aromatic N) is 1. The van der Waals surface area contributed by atoms with Crippen molar-refractivity contribution >= 4 is 5.91 Å². The Kier molecular flexibility index (Phi) is 4.11. The van der Waals surface area contributed by atoms with Crippen LogP contribution in [-0.4, -0.2) is 36.0 Å². The van der Waals surface area contributed by atoms with Crippen molar-refractivity contribution in [1.29, 1.82) is 0 Å². The summed E-state index contributed by atoms with van der Waals surface area (Å²) >= 11 is 0. The minimum Gasteiger partial charge on any atom is -0.341 e. The van der Waals surface area contributed by atoms with E-state index in [4.69, 9.17) is 0 Å². The second-order valence-electron chi connectivity index (χ2n) is 6.78. The summed E-state index contributed by atoms with van der Waals surface area (Å²) in [6.07, 6.45) is 10.4. The maximum Gasteiger partial charge on any atom is 0.239 e. The smallest absolute Gasteiger partial charge is 0.239 e. The highest BCUT2D eigenvalue weighted by Crippen LogP contribution is 2.34. The van der Waals surface area contributed by atoms with Crippen molar-refractivity contribution in [2.75, 3.05) is 13.1 Å². The van der Waals surface area contributed by atoms with Gasteiger partial charge < -0.3 is 10.2 Å². The van der Waals surface area contributed by atoms with Gasteiger partial charge in [-0.05, 0) is 50.9 Å². The van der Waals surface area contributed by atoms with E-state index in [9.17, 15) is 4.79 Å². The third-order valence-corrected chi connectivity index (χ3v) is 5.56. The zero-order chi connectivity index (χ0) is 13.2. The molecule has 3 heteroatoms. The lowest BCUT2D eigenvalue weighted by molar-refractivity contribution is -0.134. The van der Waals surface area contributed by atoms with E-state index < -0.39 is 0 Å². The molecule has 3 nitrogen and oxygen atoms in total. The molecule has 3 atom stereocenters. The summed E-state index contributed by atoms with van der Waals surface area (Å²) in [7, 11) is 0. The molecule has 3 aliphatic rings. The van der Waals surface area contributed by atoms with Gasteiger partial charge in [-0.25, -0.2) is 0 Å². The summed E-state index contributed by atoms with van der Waals surface area (Å²) in [5, 5.41) is 3.63. The molecule has 0 bridgehead atoms. The zero-order valence-electron chi connectivity index (χ0n) is 12.2. The van der Waals surface area contributed by atoms with Crippen LogP contribution in [0.25, 0.3) is 0 Å². The van der Waals surface area contributed by atoms with Crippen molar-refractivity contribution in [1.82, 2.24) is 10.2 Å². The maximum absolute atomic E-state index is 12.7. The number of nitrogens with one attached hydrogen (secondary N) is 1. The highest BCUT2D eigenvalue weighted by Gasteiger charge is 2.39. The highest BCUT2D eigenvalue weighted by atomic mass is 16.2. The lowest BCUT2D eigenvalue weighted by atomic mass is 9.84. The maximum atomic E-state index is 12.7. The van der Waals surface area contributed by atoms with E-state index in [0.717, 1.165) is 31.3 Å². The van der Waals surface area contributed by atoms with E-state index in [1.54, 1.807) is 0 Å². The van der Waals surface area contributed by atoms with Crippen molar-refractivity contribution in [2.24, 2.45) is 11.8 Å². The Bertz CT molecular complexity index is 313. The number of fused-ring (bicyclic) bond motifs is 1. The topological polar surface area (TPSA) is 32.3 Å². The molecule has 19 heavy (non-hydrogen) atoms. The predicted molar refractivity (Wildman–Crippen MR) is 76.9 cm³/mol. The van der Waals surface area contributed by atoms with E-state index in [1.807, 2.05) is 0 Å². The Morgan fingerprint density at radius 3 is 2.58 bits per heavy atom. The molecule has 3 rings (SSSR count). The first kappa shape index (κ1) is 13.4. The van der Waals surface area contributed by atoms with Crippen LogP contribution in [0.4, 0.5) is 0 Å². The van der Waals surface area contributed by atoms with Gasteiger partial charge in [0.05, 0.1) is 6.04 Å². The molecule has 1 aliphatic heterocycles. The number of hydrogen-bond acceptors (Lipinski definition) is 2. The van der Waals surface area contributed by atoms with E-state index in [-0.39, 0.29) is 6.04 Å². The molecule has 3 fully saturated rings. The fraction of sp³-hybridized carbons (Fsp3) is 0.938. The monoisotopic (exact) mass is 264 g/mol. The molecule has 1 N–H and O–H groups in total. The van der Waals surface area contributed by atoms with Gasteiger partial charge in [0.1, 0.15) is 0 Å². The minimum atomic E-state index is 0.119. The molecule has 108 valence electrons. The molecular formula is C16H28N2O. The average Bonchev–Trinajstić information content (AvgIpc) is 2.81. The minimum absolute atomic E-state index is 0.119. The molecule has 1 amide bonds. The van der Waals surface area contributed by atoms with Crippen LogP contribution in [0.5, 0.6) is 0 Å². The Morgan fingerprint density at radius 1 is 1.16 bits per heavy atom. The van der Waals surface area contributed by atoms with Gasteiger partial charge in [-0.3, -0.25) is 4.79 Å². The molecule has 0 aromatic carbocycles. The van der Waals surface area contributed by atoms with Crippen LogP contribution in [0.1, 0.15) is 58.3 Å². The van der Waals surface area contributed by atoms with Crippen molar-refractivity contribution in [3.05, 3.63) is 0 Å². The number of amides is 1. The summed E-state index contributed by atoms with van der Waals surface area (Å²) in [6, 6.07) is 0.748. The molecule has 0 aromatic heterocycles. The molecule has 1 heterocycles. The van der Waals surface area contributed by atoms with Crippen LogP contribution >= 0.6 is 0 Å². The van der Waals surface area contributed by atoms with Crippen LogP contribution in [0.15, 0.2) is 0 Å². The first-order valence-corrected chi connectivity index (χ1v) is 8.32. The Hall–Kier alpha value is -0.570. The molecule has 0 radical (unpaired) electrons. The van der Waals surface area contributed by atoms with Gasteiger partial charge in [0.25, 0.3) is 0 Å². The second kappa shape index (κ2) is 5.82. The predicted octanol–water partition coefficient (Wildman–Crippen LogP) is 2.56. The Labute approximate surface area is 117 Å². The van der Waals surface area contributed by atoms with Crippen molar-refractivity contribution in [3.8, 4) is 0 Å². The molecule has 2 saturated carbocycles. The number of carbonyl (C=O) groups is 1. The molecule has 1 saturated heterocycles. The van der Waals surface area contributed by atoms with Gasteiger partial charge in [-0.1, -0.05) is 19.3 Å². The van der Waals surface area contributed by atoms with Crippen molar-refractivity contribution in [3.63, 3.8) is 0 Å². The quantitative estimate of drug-likeness (QED) is 0.846. The molecular weight excluding hydrogens is 236 g/mol. The summed E-state index contributed by atoms with van der Waals surface area (Å²) in [5.74, 6) is 1.93. The summed E-state index contributed by atoms with van der Waals surface area (Å²) in [5.41, 5.74) is 0. The van der Waals surface area contributed by atoms with Crippen LogP contribution < -0.4 is 5.32 Å². The Morgan fingerprint density at radius 2 is 1.95 bits per heavy atom. The lowest BCUT2D eigenvalue weighted by Crippen LogP contribution is -2.47. The number of likely N-dealkylation sites (N-methyl/N-ethyl adjacent to an activating group) is 1. The molecule has 3 unspecified atom stereocenters. The molecule has 0 aromatic rings. The standard InChI is InChI=1S/C16H28N2O/c1-2-18(11-12-6-5-7-12)16(19)15-10-13-8-3-4-9-14(13)17-15/h12-15,17H,2-11H2,1H3. The number of carbonyl (C=O) groups excluding carboxylic acids is 1. The van der Waals surface area contributed by atoms with E-state index >= 15 is 0 Å². The fourth-order valence-corrected chi connectivity index (χ4v) is 4.09. The van der Waals surface area contributed by atoms with Gasteiger partial charge in [0.2, 0.25) is 5.91 Å². The first-order chi connectivity index (χ1) is 9.28. The average molecular weight is 264 g/mol. The van der Waals surface area contributed by atoms with E-state index in [1.165, 1.54) is 44.9 Å². The largest absolute Gasteiger partial charge is 0.341 e. The SMILES string of the molecule is CCN(CC1CCC1)C(=O)C1CC2CCCCC2N1. The van der Waals surface area contributed by atoms with Crippen LogP contribution in [0, 0.1) is 11.8 Å². The Balaban J connectivity index is 1.56. The third-order valence-electron chi connectivity index (χ3n) is 5.56. The van der Waals surface area contributed by atoms with Gasteiger partial charge in [0, 0.05) is 19.1 Å². The van der Waals surface area contributed by atoms with Crippen LogP contribution in [0.2, 0.25) is 0 Å². The first-order valence-electron chi connectivity index (χ1n) is 8.32. The third kappa shape index (κ3) is 2.81. The van der Waals surface area contributed by atoms with Crippen LogP contribution in [0.3, 0.4) is 0 Å². The number of rotatable bonds is 4. The molecule has 2 aliphatic carbocycles. The van der Waals surface area contributed by atoms with E-state index in [2.05, 4.69) is 17.1 Å².